The number of ether oxygens (including phenoxy) is 2. The fraction of sp³-hybridized carbons (Fsp3) is 0.269. The van der Waals surface area contributed by atoms with Crippen LogP contribution in [0.25, 0.3) is 22.2 Å². The molecule has 0 radical (unpaired) electrons. The standard InChI is InChI=1S/C26H27N5O3/c1-31-13-11-19(12-14-31)34-18-9-7-17(8-10-18)29-25-24-22(27-16-28-26(24)32)15-21(30-25)20-5-3-4-6-23(20)33-2/h3-10,15-16,19H,11-14H2,1-2H3,(H,29,30)(H,27,28,32). The number of fused-ring (bicyclic) bond motifs is 1. The molecule has 34 heavy (non-hydrogen) atoms. The number of hydrogen-bond acceptors (Lipinski definition) is 7. The number of piperidine rings is 1. The first kappa shape index (κ1) is 21.9. The number of rotatable bonds is 6. The lowest BCUT2D eigenvalue weighted by Crippen LogP contribution is -2.35. The maximum atomic E-state index is 12.6. The van der Waals surface area contributed by atoms with E-state index in [0.29, 0.717) is 28.2 Å². The molecule has 1 aliphatic rings. The lowest BCUT2D eigenvalue weighted by atomic mass is 10.1. The fourth-order valence-corrected chi connectivity index (χ4v) is 4.22. The van der Waals surface area contributed by atoms with Gasteiger partial charge in [-0.3, -0.25) is 4.79 Å². The fourth-order valence-electron chi connectivity index (χ4n) is 4.22. The van der Waals surface area contributed by atoms with Crippen LogP contribution in [0.15, 0.2) is 65.7 Å². The number of methoxy groups -OCH3 is 1. The van der Waals surface area contributed by atoms with E-state index in [4.69, 9.17) is 14.5 Å². The van der Waals surface area contributed by atoms with E-state index < -0.39 is 0 Å². The molecule has 4 aromatic rings. The number of anilines is 2. The summed E-state index contributed by atoms with van der Waals surface area (Å²) in [4.78, 5) is 26.7. The molecule has 0 amide bonds. The molecule has 1 saturated heterocycles. The Bertz CT molecular complexity index is 1340. The van der Waals surface area contributed by atoms with Crippen LogP contribution in [0, 0.1) is 0 Å². The Kier molecular flexibility index (Phi) is 6.14. The first-order chi connectivity index (χ1) is 16.6. The smallest absolute Gasteiger partial charge is 0.262 e. The van der Waals surface area contributed by atoms with Crippen molar-refractivity contribution in [2.24, 2.45) is 0 Å². The highest BCUT2D eigenvalue weighted by Gasteiger charge is 2.18. The summed E-state index contributed by atoms with van der Waals surface area (Å²) in [5.41, 5.74) is 2.56. The van der Waals surface area contributed by atoms with Crippen LogP contribution in [-0.2, 0) is 0 Å². The summed E-state index contributed by atoms with van der Waals surface area (Å²) in [6.45, 7) is 2.10. The van der Waals surface area contributed by atoms with Gasteiger partial charge in [0, 0.05) is 24.3 Å². The third-order valence-electron chi connectivity index (χ3n) is 6.09. The number of aromatic nitrogens is 3. The van der Waals surface area contributed by atoms with Crippen LogP contribution in [-0.4, -0.2) is 53.2 Å². The van der Waals surface area contributed by atoms with Crippen molar-refractivity contribution in [2.75, 3.05) is 32.6 Å². The van der Waals surface area contributed by atoms with Gasteiger partial charge in [0.1, 0.15) is 28.8 Å². The Morgan fingerprint density at radius 1 is 1.09 bits per heavy atom. The average Bonchev–Trinajstić information content (AvgIpc) is 2.86. The van der Waals surface area contributed by atoms with Crippen molar-refractivity contribution in [3.05, 3.63) is 71.3 Å². The number of H-pyrrole nitrogens is 1. The zero-order chi connectivity index (χ0) is 23.5. The van der Waals surface area contributed by atoms with Crippen LogP contribution in [0.4, 0.5) is 11.5 Å². The molecule has 1 fully saturated rings. The van der Waals surface area contributed by atoms with Crippen molar-refractivity contribution >= 4 is 22.4 Å². The van der Waals surface area contributed by atoms with Gasteiger partial charge < -0.3 is 24.7 Å². The second-order valence-corrected chi connectivity index (χ2v) is 8.45. The van der Waals surface area contributed by atoms with Gasteiger partial charge in [0.2, 0.25) is 0 Å². The first-order valence-electron chi connectivity index (χ1n) is 11.3. The van der Waals surface area contributed by atoms with Crippen molar-refractivity contribution in [1.82, 2.24) is 19.9 Å². The van der Waals surface area contributed by atoms with Gasteiger partial charge in [0.05, 0.1) is 24.6 Å². The average molecular weight is 458 g/mol. The second kappa shape index (κ2) is 9.52. The van der Waals surface area contributed by atoms with Crippen LogP contribution < -0.4 is 20.3 Å². The number of pyridine rings is 1. The minimum atomic E-state index is -0.256. The molecule has 0 saturated carbocycles. The van der Waals surface area contributed by atoms with Gasteiger partial charge in [-0.25, -0.2) is 9.97 Å². The SMILES string of the molecule is COc1ccccc1-c1cc2nc[nH]c(=O)c2c(Nc2ccc(OC3CCN(C)CC3)cc2)n1. The molecule has 2 N–H and O–H groups in total. The number of para-hydroxylation sites is 1. The number of likely N-dealkylation sites (tertiary alicyclic amines) is 1. The van der Waals surface area contributed by atoms with Crippen molar-refractivity contribution < 1.29 is 9.47 Å². The summed E-state index contributed by atoms with van der Waals surface area (Å²) in [5.74, 6) is 1.96. The zero-order valence-electron chi connectivity index (χ0n) is 19.2. The number of benzene rings is 2. The zero-order valence-corrected chi connectivity index (χ0v) is 19.2. The Morgan fingerprint density at radius 3 is 2.62 bits per heavy atom. The van der Waals surface area contributed by atoms with Gasteiger partial charge in [-0.2, -0.15) is 0 Å². The van der Waals surface area contributed by atoms with Crippen LogP contribution in [0.3, 0.4) is 0 Å². The van der Waals surface area contributed by atoms with Crippen molar-refractivity contribution in [3.8, 4) is 22.8 Å². The molecule has 8 nitrogen and oxygen atoms in total. The number of hydrogen-bond donors (Lipinski definition) is 2. The molecule has 0 bridgehead atoms. The predicted molar refractivity (Wildman–Crippen MR) is 133 cm³/mol. The molecule has 2 aromatic carbocycles. The van der Waals surface area contributed by atoms with Gasteiger partial charge in [0.25, 0.3) is 5.56 Å². The third kappa shape index (κ3) is 4.58. The van der Waals surface area contributed by atoms with Crippen LogP contribution in [0.5, 0.6) is 11.5 Å². The molecular formula is C26H27N5O3. The summed E-state index contributed by atoms with van der Waals surface area (Å²) in [7, 11) is 3.76. The van der Waals surface area contributed by atoms with Crippen molar-refractivity contribution in [3.63, 3.8) is 0 Å². The maximum absolute atomic E-state index is 12.6. The lowest BCUT2D eigenvalue weighted by Gasteiger charge is -2.29. The van der Waals surface area contributed by atoms with E-state index in [2.05, 4.69) is 27.2 Å². The predicted octanol–water partition coefficient (Wildman–Crippen LogP) is 4.21. The van der Waals surface area contributed by atoms with Gasteiger partial charge in [-0.05, 0) is 62.4 Å². The summed E-state index contributed by atoms with van der Waals surface area (Å²) in [6, 6.07) is 17.2. The number of nitrogens with zero attached hydrogens (tertiary/aromatic N) is 3. The number of aromatic amines is 1. The van der Waals surface area contributed by atoms with Crippen molar-refractivity contribution in [2.45, 2.75) is 18.9 Å². The molecule has 174 valence electrons. The molecule has 3 heterocycles. The molecule has 2 aromatic heterocycles. The molecule has 0 atom stereocenters. The highest BCUT2D eigenvalue weighted by molar-refractivity contribution is 5.93. The largest absolute Gasteiger partial charge is 0.496 e. The van der Waals surface area contributed by atoms with Gasteiger partial charge in [0.15, 0.2) is 0 Å². The van der Waals surface area contributed by atoms with E-state index in [9.17, 15) is 4.79 Å². The van der Waals surface area contributed by atoms with Gasteiger partial charge in [-0.1, -0.05) is 12.1 Å². The van der Waals surface area contributed by atoms with E-state index in [0.717, 1.165) is 42.9 Å². The van der Waals surface area contributed by atoms with E-state index >= 15 is 0 Å². The Morgan fingerprint density at radius 2 is 1.85 bits per heavy atom. The lowest BCUT2D eigenvalue weighted by molar-refractivity contribution is 0.114. The second-order valence-electron chi connectivity index (χ2n) is 8.45. The van der Waals surface area contributed by atoms with E-state index in [-0.39, 0.29) is 11.7 Å². The monoisotopic (exact) mass is 457 g/mol. The van der Waals surface area contributed by atoms with Gasteiger partial charge >= 0.3 is 0 Å². The normalized spacial score (nSPS) is 14.8. The summed E-state index contributed by atoms with van der Waals surface area (Å²) in [6.07, 6.45) is 3.69. The Balaban J connectivity index is 1.45. The maximum Gasteiger partial charge on any atom is 0.262 e. The molecule has 0 unspecified atom stereocenters. The molecular weight excluding hydrogens is 430 g/mol. The summed E-state index contributed by atoms with van der Waals surface area (Å²) in [5, 5.41) is 3.69. The topological polar surface area (TPSA) is 92.4 Å². The summed E-state index contributed by atoms with van der Waals surface area (Å²) < 4.78 is 11.7. The van der Waals surface area contributed by atoms with Gasteiger partial charge in [-0.15, -0.1) is 0 Å². The Hall–Kier alpha value is -3.91. The Labute approximate surface area is 197 Å². The minimum Gasteiger partial charge on any atom is -0.496 e. The highest BCUT2D eigenvalue weighted by atomic mass is 16.5. The van der Waals surface area contributed by atoms with E-state index in [1.807, 2.05) is 48.5 Å². The first-order valence-corrected chi connectivity index (χ1v) is 11.3. The van der Waals surface area contributed by atoms with Crippen LogP contribution in [0.2, 0.25) is 0 Å². The minimum absolute atomic E-state index is 0.239. The molecule has 8 heteroatoms. The third-order valence-corrected chi connectivity index (χ3v) is 6.09. The van der Waals surface area contributed by atoms with Crippen LogP contribution >= 0.6 is 0 Å². The quantitative estimate of drug-likeness (QED) is 0.448. The van der Waals surface area contributed by atoms with Crippen LogP contribution in [0.1, 0.15) is 12.8 Å². The molecule has 0 aliphatic carbocycles. The van der Waals surface area contributed by atoms with E-state index in [1.54, 1.807) is 13.2 Å². The van der Waals surface area contributed by atoms with Crippen molar-refractivity contribution in [1.29, 1.82) is 0 Å². The van der Waals surface area contributed by atoms with E-state index in [1.165, 1.54) is 6.33 Å². The molecule has 0 spiro atoms. The number of nitrogens with one attached hydrogen (secondary N) is 2. The molecule has 5 rings (SSSR count). The molecule has 1 aliphatic heterocycles. The summed E-state index contributed by atoms with van der Waals surface area (Å²) >= 11 is 0. The highest BCUT2D eigenvalue weighted by Crippen LogP contribution is 2.32.